The molecule has 5 heteroatoms. The number of hydrogen-bond donors (Lipinski definition) is 1. The standard InChI is InChI=1S/C14H20N4O/c1-10(2)18-9-12(8-17-18)19-14-13(11(3)15-4)6-5-7-16-14/h5-11,15H,1-4H3. The predicted octanol–water partition coefficient (Wildman–Crippen LogP) is 2.93. The molecule has 1 N–H and O–H groups in total. The maximum absolute atomic E-state index is 5.83. The van der Waals surface area contributed by atoms with Gasteiger partial charge in [0.2, 0.25) is 5.88 Å². The first-order chi connectivity index (χ1) is 9.11. The number of aromatic nitrogens is 3. The average Bonchev–Trinajstić information content (AvgIpc) is 2.87. The number of nitrogens with one attached hydrogen (secondary N) is 1. The van der Waals surface area contributed by atoms with E-state index < -0.39 is 0 Å². The Hall–Kier alpha value is -1.88. The van der Waals surface area contributed by atoms with Crippen LogP contribution in [-0.4, -0.2) is 21.8 Å². The number of nitrogens with zero attached hydrogens (tertiary/aromatic N) is 3. The summed E-state index contributed by atoms with van der Waals surface area (Å²) in [5.74, 6) is 1.32. The minimum atomic E-state index is 0.184. The van der Waals surface area contributed by atoms with Gasteiger partial charge in [-0.15, -0.1) is 0 Å². The van der Waals surface area contributed by atoms with E-state index in [-0.39, 0.29) is 6.04 Å². The lowest BCUT2D eigenvalue weighted by Crippen LogP contribution is -2.13. The number of ether oxygens (including phenoxy) is 1. The SMILES string of the molecule is CNC(C)c1cccnc1Oc1cnn(C(C)C)c1. The summed E-state index contributed by atoms with van der Waals surface area (Å²) in [6, 6.07) is 4.42. The predicted molar refractivity (Wildman–Crippen MR) is 74.4 cm³/mol. The first kappa shape index (κ1) is 13.5. The highest BCUT2D eigenvalue weighted by atomic mass is 16.5. The van der Waals surface area contributed by atoms with Crippen molar-refractivity contribution in [3.8, 4) is 11.6 Å². The van der Waals surface area contributed by atoms with Crippen LogP contribution in [0.25, 0.3) is 0 Å². The summed E-state index contributed by atoms with van der Waals surface area (Å²) in [5.41, 5.74) is 1.03. The molecule has 5 nitrogen and oxygen atoms in total. The third-order valence-electron chi connectivity index (χ3n) is 3.02. The number of rotatable bonds is 5. The van der Waals surface area contributed by atoms with Crippen molar-refractivity contribution in [2.45, 2.75) is 32.9 Å². The Bertz CT molecular complexity index is 536. The maximum Gasteiger partial charge on any atom is 0.224 e. The van der Waals surface area contributed by atoms with Crippen LogP contribution in [0.5, 0.6) is 11.6 Å². The minimum absolute atomic E-state index is 0.184. The summed E-state index contributed by atoms with van der Waals surface area (Å²) in [6.45, 7) is 6.22. The zero-order valence-electron chi connectivity index (χ0n) is 11.8. The van der Waals surface area contributed by atoms with Crippen molar-refractivity contribution < 1.29 is 4.74 Å². The van der Waals surface area contributed by atoms with E-state index in [9.17, 15) is 0 Å². The van der Waals surface area contributed by atoms with Crippen LogP contribution in [0.3, 0.4) is 0 Å². The van der Waals surface area contributed by atoms with Gasteiger partial charge in [-0.25, -0.2) is 4.98 Å². The molecule has 102 valence electrons. The van der Waals surface area contributed by atoms with Crippen molar-refractivity contribution >= 4 is 0 Å². The molecule has 2 aromatic rings. The van der Waals surface area contributed by atoms with E-state index in [1.165, 1.54) is 0 Å². The first-order valence-electron chi connectivity index (χ1n) is 6.46. The molecule has 0 aromatic carbocycles. The molecule has 1 unspecified atom stereocenters. The minimum Gasteiger partial charge on any atom is -0.435 e. The lowest BCUT2D eigenvalue weighted by atomic mass is 10.1. The highest BCUT2D eigenvalue weighted by Crippen LogP contribution is 2.27. The highest BCUT2D eigenvalue weighted by molar-refractivity contribution is 5.32. The fourth-order valence-electron chi connectivity index (χ4n) is 1.74. The lowest BCUT2D eigenvalue weighted by molar-refractivity contribution is 0.444. The largest absolute Gasteiger partial charge is 0.435 e. The van der Waals surface area contributed by atoms with Gasteiger partial charge in [0.05, 0.1) is 12.4 Å². The van der Waals surface area contributed by atoms with Crippen LogP contribution in [0, 0.1) is 0 Å². The Labute approximate surface area is 113 Å². The van der Waals surface area contributed by atoms with Crippen molar-refractivity contribution in [3.05, 3.63) is 36.3 Å². The summed E-state index contributed by atoms with van der Waals surface area (Å²) in [6.07, 6.45) is 5.32. The summed E-state index contributed by atoms with van der Waals surface area (Å²) < 4.78 is 7.69. The Morgan fingerprint density at radius 1 is 1.32 bits per heavy atom. The van der Waals surface area contributed by atoms with Gasteiger partial charge >= 0.3 is 0 Å². The fraction of sp³-hybridized carbons (Fsp3) is 0.429. The van der Waals surface area contributed by atoms with E-state index in [0.29, 0.717) is 17.7 Å². The van der Waals surface area contributed by atoms with Gasteiger partial charge in [0, 0.05) is 23.8 Å². The molecule has 0 amide bonds. The van der Waals surface area contributed by atoms with Crippen LogP contribution in [0.15, 0.2) is 30.7 Å². The molecule has 2 rings (SSSR count). The van der Waals surface area contributed by atoms with Gasteiger partial charge in [0.1, 0.15) is 0 Å². The summed E-state index contributed by atoms with van der Waals surface area (Å²) in [4.78, 5) is 4.30. The normalized spacial score (nSPS) is 12.7. The van der Waals surface area contributed by atoms with Crippen molar-refractivity contribution in [3.63, 3.8) is 0 Å². The lowest BCUT2D eigenvalue weighted by Gasteiger charge is -2.14. The van der Waals surface area contributed by atoms with E-state index in [0.717, 1.165) is 5.56 Å². The third-order valence-corrected chi connectivity index (χ3v) is 3.02. The Balaban J connectivity index is 2.22. The zero-order chi connectivity index (χ0) is 13.8. The molecule has 0 aliphatic rings. The van der Waals surface area contributed by atoms with Crippen molar-refractivity contribution in [1.82, 2.24) is 20.1 Å². The second-order valence-corrected chi connectivity index (χ2v) is 4.76. The van der Waals surface area contributed by atoms with E-state index in [1.807, 2.05) is 30.1 Å². The fourth-order valence-corrected chi connectivity index (χ4v) is 1.74. The summed E-state index contributed by atoms with van der Waals surface area (Å²) in [7, 11) is 1.91. The summed E-state index contributed by atoms with van der Waals surface area (Å²) >= 11 is 0. The van der Waals surface area contributed by atoms with Crippen LogP contribution in [-0.2, 0) is 0 Å². The molecule has 0 fully saturated rings. The van der Waals surface area contributed by atoms with Gasteiger partial charge < -0.3 is 10.1 Å². The molecule has 0 aliphatic carbocycles. The maximum atomic E-state index is 5.83. The second kappa shape index (κ2) is 5.84. The molecule has 0 saturated carbocycles. The second-order valence-electron chi connectivity index (χ2n) is 4.76. The Morgan fingerprint density at radius 3 is 2.74 bits per heavy atom. The van der Waals surface area contributed by atoms with Crippen LogP contribution in [0.2, 0.25) is 0 Å². The van der Waals surface area contributed by atoms with Crippen LogP contribution in [0.4, 0.5) is 0 Å². The molecular formula is C14H20N4O. The van der Waals surface area contributed by atoms with Gasteiger partial charge in [0.15, 0.2) is 5.75 Å². The van der Waals surface area contributed by atoms with Crippen molar-refractivity contribution in [2.24, 2.45) is 0 Å². The van der Waals surface area contributed by atoms with Crippen molar-refractivity contribution in [1.29, 1.82) is 0 Å². The molecule has 0 aliphatic heterocycles. The van der Waals surface area contributed by atoms with Gasteiger partial charge in [-0.3, -0.25) is 4.68 Å². The van der Waals surface area contributed by atoms with E-state index in [4.69, 9.17) is 4.74 Å². The van der Waals surface area contributed by atoms with Gasteiger partial charge in [0.25, 0.3) is 0 Å². The average molecular weight is 260 g/mol. The quantitative estimate of drug-likeness (QED) is 0.898. The Morgan fingerprint density at radius 2 is 2.11 bits per heavy atom. The van der Waals surface area contributed by atoms with E-state index in [1.54, 1.807) is 12.4 Å². The van der Waals surface area contributed by atoms with Crippen LogP contribution < -0.4 is 10.1 Å². The topological polar surface area (TPSA) is 52.0 Å². The van der Waals surface area contributed by atoms with Gasteiger partial charge in [-0.05, 0) is 33.9 Å². The monoisotopic (exact) mass is 260 g/mol. The molecule has 0 saturated heterocycles. The first-order valence-corrected chi connectivity index (χ1v) is 6.46. The molecule has 1 atom stereocenters. The highest BCUT2D eigenvalue weighted by Gasteiger charge is 2.12. The van der Waals surface area contributed by atoms with Crippen molar-refractivity contribution in [2.75, 3.05) is 7.05 Å². The van der Waals surface area contributed by atoms with Crippen LogP contribution in [0.1, 0.15) is 38.4 Å². The molecule has 0 spiro atoms. The molecule has 2 heterocycles. The molecule has 19 heavy (non-hydrogen) atoms. The summed E-state index contributed by atoms with van der Waals surface area (Å²) in [5, 5.41) is 7.44. The Kier molecular flexibility index (Phi) is 4.16. The van der Waals surface area contributed by atoms with E-state index in [2.05, 4.69) is 36.2 Å². The molecule has 0 radical (unpaired) electrons. The van der Waals surface area contributed by atoms with Crippen LogP contribution >= 0.6 is 0 Å². The molecule has 2 aromatic heterocycles. The zero-order valence-corrected chi connectivity index (χ0v) is 11.8. The van der Waals surface area contributed by atoms with E-state index >= 15 is 0 Å². The number of hydrogen-bond acceptors (Lipinski definition) is 4. The number of pyridine rings is 1. The molecular weight excluding hydrogens is 240 g/mol. The third kappa shape index (κ3) is 3.12. The smallest absolute Gasteiger partial charge is 0.224 e. The van der Waals surface area contributed by atoms with Gasteiger partial charge in [-0.2, -0.15) is 5.10 Å². The molecule has 0 bridgehead atoms. The van der Waals surface area contributed by atoms with Gasteiger partial charge in [-0.1, -0.05) is 6.07 Å².